The van der Waals surface area contributed by atoms with E-state index >= 15 is 0 Å². The fourth-order valence-electron chi connectivity index (χ4n) is 3.04. The molecule has 0 aliphatic heterocycles. The molecule has 1 fully saturated rings. The highest BCUT2D eigenvalue weighted by molar-refractivity contribution is 5.29. The van der Waals surface area contributed by atoms with Gasteiger partial charge in [0.2, 0.25) is 0 Å². The summed E-state index contributed by atoms with van der Waals surface area (Å²) in [6, 6.07) is 8.54. The molecule has 0 heterocycles. The Hall–Kier alpha value is -1.10. The molecule has 2 rings (SSSR count). The Balaban J connectivity index is 2.03. The minimum Gasteiger partial charge on any atom is -0.497 e. The van der Waals surface area contributed by atoms with Crippen LogP contribution in [-0.4, -0.2) is 31.4 Å². The van der Waals surface area contributed by atoms with Crippen molar-refractivity contribution in [3.8, 4) is 5.75 Å². The zero-order valence-electron chi connectivity index (χ0n) is 12.2. The maximum atomic E-state index is 9.50. The number of aliphatic hydroxyl groups excluding tert-OH is 1. The van der Waals surface area contributed by atoms with E-state index in [0.717, 1.165) is 18.6 Å². The van der Waals surface area contributed by atoms with E-state index in [-0.39, 0.29) is 12.6 Å². The summed E-state index contributed by atoms with van der Waals surface area (Å²) in [7, 11) is 1.67. The monoisotopic (exact) mass is 278 g/mol. The maximum Gasteiger partial charge on any atom is 0.118 e. The van der Waals surface area contributed by atoms with Gasteiger partial charge in [-0.3, -0.25) is 0 Å². The van der Waals surface area contributed by atoms with Crippen molar-refractivity contribution in [3.63, 3.8) is 0 Å². The van der Waals surface area contributed by atoms with Crippen molar-refractivity contribution in [2.75, 3.05) is 20.3 Å². The highest BCUT2D eigenvalue weighted by Crippen LogP contribution is 2.26. The molecule has 0 radical (unpaired) electrons. The van der Waals surface area contributed by atoms with Crippen LogP contribution in [0.15, 0.2) is 24.3 Å². The summed E-state index contributed by atoms with van der Waals surface area (Å²) in [6.07, 6.45) is 4.68. The predicted molar refractivity (Wildman–Crippen MR) is 80.8 cm³/mol. The van der Waals surface area contributed by atoms with E-state index in [4.69, 9.17) is 10.5 Å². The number of nitrogens with one attached hydrogen (secondary N) is 1. The normalized spacial score (nSPS) is 24.4. The fourth-order valence-corrected chi connectivity index (χ4v) is 3.04. The fraction of sp³-hybridized carbons (Fsp3) is 0.625. The van der Waals surface area contributed by atoms with Crippen LogP contribution in [0.5, 0.6) is 5.75 Å². The second kappa shape index (κ2) is 7.62. The summed E-state index contributed by atoms with van der Waals surface area (Å²) in [4.78, 5) is 0. The van der Waals surface area contributed by atoms with Crippen LogP contribution in [0.1, 0.15) is 37.3 Å². The highest BCUT2D eigenvalue weighted by atomic mass is 16.5. The molecule has 1 saturated carbocycles. The third kappa shape index (κ3) is 3.72. The van der Waals surface area contributed by atoms with E-state index in [9.17, 15) is 5.11 Å². The molecule has 0 aromatic heterocycles. The summed E-state index contributed by atoms with van der Waals surface area (Å²) in [6.45, 7) is 0.818. The molecule has 4 heteroatoms. The van der Waals surface area contributed by atoms with Gasteiger partial charge in [0, 0.05) is 25.2 Å². The Morgan fingerprint density at radius 1 is 1.30 bits per heavy atom. The Bertz CT molecular complexity index is 394. The molecule has 1 aliphatic carbocycles. The molecule has 4 N–H and O–H groups in total. The second-order valence-corrected chi connectivity index (χ2v) is 5.56. The first-order valence-electron chi connectivity index (χ1n) is 7.49. The van der Waals surface area contributed by atoms with Crippen molar-refractivity contribution in [1.29, 1.82) is 0 Å². The molecule has 0 spiro atoms. The van der Waals surface area contributed by atoms with Crippen molar-refractivity contribution >= 4 is 0 Å². The minimum atomic E-state index is 0.137. The van der Waals surface area contributed by atoms with Crippen molar-refractivity contribution < 1.29 is 9.84 Å². The molecule has 4 nitrogen and oxygen atoms in total. The lowest BCUT2D eigenvalue weighted by molar-refractivity contribution is 0.146. The number of ether oxygens (including phenoxy) is 1. The molecule has 0 saturated heterocycles. The molecular weight excluding hydrogens is 252 g/mol. The number of hydrogen-bond acceptors (Lipinski definition) is 4. The van der Waals surface area contributed by atoms with Crippen molar-refractivity contribution in [2.24, 2.45) is 11.7 Å². The van der Waals surface area contributed by atoms with Gasteiger partial charge in [-0.2, -0.15) is 0 Å². The average molecular weight is 278 g/mol. The third-order valence-electron chi connectivity index (χ3n) is 4.31. The molecule has 1 aromatic rings. The molecule has 112 valence electrons. The van der Waals surface area contributed by atoms with Gasteiger partial charge >= 0.3 is 0 Å². The van der Waals surface area contributed by atoms with Crippen LogP contribution in [0.4, 0.5) is 0 Å². The molecular formula is C16H26N2O2. The quantitative estimate of drug-likeness (QED) is 0.743. The third-order valence-corrected chi connectivity index (χ3v) is 4.31. The lowest BCUT2D eigenvalue weighted by Gasteiger charge is -2.34. The van der Waals surface area contributed by atoms with Gasteiger partial charge in [-0.25, -0.2) is 0 Å². The van der Waals surface area contributed by atoms with Gasteiger partial charge in [-0.15, -0.1) is 0 Å². The van der Waals surface area contributed by atoms with Crippen molar-refractivity contribution in [1.82, 2.24) is 5.32 Å². The average Bonchev–Trinajstić information content (AvgIpc) is 2.53. The smallest absolute Gasteiger partial charge is 0.118 e. The zero-order valence-corrected chi connectivity index (χ0v) is 12.2. The van der Waals surface area contributed by atoms with Crippen LogP contribution in [0, 0.1) is 5.92 Å². The van der Waals surface area contributed by atoms with E-state index in [0.29, 0.717) is 18.5 Å². The number of benzene rings is 1. The van der Waals surface area contributed by atoms with Gasteiger partial charge in [0.25, 0.3) is 0 Å². The van der Waals surface area contributed by atoms with Crippen LogP contribution in [-0.2, 0) is 0 Å². The lowest BCUT2D eigenvalue weighted by atomic mass is 9.84. The van der Waals surface area contributed by atoms with Gasteiger partial charge in [0.1, 0.15) is 5.75 Å². The molecule has 3 unspecified atom stereocenters. The lowest BCUT2D eigenvalue weighted by Crippen LogP contribution is -2.44. The molecule has 3 atom stereocenters. The van der Waals surface area contributed by atoms with E-state index < -0.39 is 0 Å². The highest BCUT2D eigenvalue weighted by Gasteiger charge is 2.26. The predicted octanol–water partition coefficient (Wildman–Crippen LogP) is 1.84. The van der Waals surface area contributed by atoms with Gasteiger partial charge < -0.3 is 20.9 Å². The molecule has 1 aromatic carbocycles. The van der Waals surface area contributed by atoms with Crippen LogP contribution >= 0.6 is 0 Å². The maximum absolute atomic E-state index is 9.50. The van der Waals surface area contributed by atoms with Crippen LogP contribution in [0.25, 0.3) is 0 Å². The number of hydrogen-bond donors (Lipinski definition) is 3. The van der Waals surface area contributed by atoms with Gasteiger partial charge in [0.15, 0.2) is 0 Å². The second-order valence-electron chi connectivity index (χ2n) is 5.56. The molecule has 0 bridgehead atoms. The molecule has 1 aliphatic rings. The van der Waals surface area contributed by atoms with Crippen LogP contribution in [0.3, 0.4) is 0 Å². The SMILES string of the molecule is COc1ccc(C(CN)NC2CCCCC2CO)cc1. The Morgan fingerprint density at radius 3 is 2.60 bits per heavy atom. The van der Waals surface area contributed by atoms with Crippen molar-refractivity contribution in [2.45, 2.75) is 37.8 Å². The summed E-state index contributed by atoms with van der Waals surface area (Å²) >= 11 is 0. The van der Waals surface area contributed by atoms with E-state index in [1.807, 2.05) is 12.1 Å². The van der Waals surface area contributed by atoms with Crippen molar-refractivity contribution in [3.05, 3.63) is 29.8 Å². The number of methoxy groups -OCH3 is 1. The molecule has 20 heavy (non-hydrogen) atoms. The van der Waals surface area contributed by atoms with Gasteiger partial charge in [-0.1, -0.05) is 25.0 Å². The minimum absolute atomic E-state index is 0.137. The topological polar surface area (TPSA) is 67.5 Å². The van der Waals surface area contributed by atoms with E-state index in [2.05, 4.69) is 17.4 Å². The standard InChI is InChI=1S/C16H26N2O2/c1-20-14-8-6-12(7-9-14)16(10-17)18-15-5-3-2-4-13(15)11-19/h6-9,13,15-16,18-19H,2-5,10-11,17H2,1H3. The first kappa shape index (κ1) is 15.3. The van der Waals surface area contributed by atoms with Gasteiger partial charge in [0.05, 0.1) is 7.11 Å². The molecule has 0 amide bonds. The number of rotatable bonds is 6. The number of nitrogens with two attached hydrogens (primary N) is 1. The summed E-state index contributed by atoms with van der Waals surface area (Å²) in [5.74, 6) is 1.21. The Morgan fingerprint density at radius 2 is 2.00 bits per heavy atom. The van der Waals surface area contributed by atoms with E-state index in [1.54, 1.807) is 7.11 Å². The van der Waals surface area contributed by atoms with E-state index in [1.165, 1.54) is 18.4 Å². The largest absolute Gasteiger partial charge is 0.497 e. The summed E-state index contributed by atoms with van der Waals surface area (Å²) in [5.41, 5.74) is 7.10. The Kier molecular flexibility index (Phi) is 5.83. The number of aliphatic hydroxyl groups is 1. The van der Waals surface area contributed by atoms with Crippen LogP contribution < -0.4 is 15.8 Å². The Labute approximate surface area is 121 Å². The zero-order chi connectivity index (χ0) is 14.4. The summed E-state index contributed by atoms with van der Waals surface area (Å²) < 4.78 is 5.18. The van der Waals surface area contributed by atoms with Gasteiger partial charge in [-0.05, 0) is 36.5 Å². The first-order valence-corrected chi connectivity index (χ1v) is 7.49. The summed E-state index contributed by atoms with van der Waals surface area (Å²) in [5, 5.41) is 13.1. The van der Waals surface area contributed by atoms with Crippen LogP contribution in [0.2, 0.25) is 0 Å². The first-order chi connectivity index (χ1) is 9.78.